The highest BCUT2D eigenvalue weighted by molar-refractivity contribution is 5.91. The highest BCUT2D eigenvalue weighted by Gasteiger charge is 2.10. The lowest BCUT2D eigenvalue weighted by atomic mass is 10.1. The normalized spacial score (nSPS) is 10.7. The number of fused-ring (bicyclic) bond motifs is 1. The lowest BCUT2D eigenvalue weighted by molar-refractivity contribution is 0.466. The monoisotopic (exact) mass is 205 g/mol. The van der Waals surface area contributed by atoms with E-state index in [4.69, 9.17) is 10.2 Å². The third-order valence-corrected chi connectivity index (χ3v) is 2.38. The van der Waals surface area contributed by atoms with Crippen LogP contribution in [0.1, 0.15) is 12.5 Å². The fourth-order valence-corrected chi connectivity index (χ4v) is 1.64. The maximum atomic E-state index is 11.2. The molecule has 4 nitrogen and oxygen atoms in total. The van der Waals surface area contributed by atoms with Crippen molar-refractivity contribution in [2.45, 2.75) is 13.3 Å². The first-order valence-electron chi connectivity index (χ1n) is 4.67. The van der Waals surface area contributed by atoms with Crippen LogP contribution in [0.4, 0.5) is 5.69 Å². The van der Waals surface area contributed by atoms with Gasteiger partial charge in [0.25, 0.3) is 0 Å². The van der Waals surface area contributed by atoms with E-state index < -0.39 is 5.63 Å². The maximum Gasteiger partial charge on any atom is 0.338 e. The molecule has 0 bridgehead atoms. The highest BCUT2D eigenvalue weighted by atomic mass is 16.4. The van der Waals surface area contributed by atoms with Gasteiger partial charge in [0.05, 0.1) is 0 Å². The van der Waals surface area contributed by atoms with Crippen LogP contribution in [0, 0.1) is 0 Å². The summed E-state index contributed by atoms with van der Waals surface area (Å²) in [6, 6.07) is 4.43. The Morgan fingerprint density at radius 3 is 2.87 bits per heavy atom. The third-order valence-electron chi connectivity index (χ3n) is 2.38. The molecule has 0 radical (unpaired) electrons. The van der Waals surface area contributed by atoms with Gasteiger partial charge in [0.15, 0.2) is 0 Å². The molecule has 4 heteroatoms. The van der Waals surface area contributed by atoms with Crippen LogP contribution in [0.2, 0.25) is 0 Å². The van der Waals surface area contributed by atoms with Crippen molar-refractivity contribution in [1.29, 1.82) is 0 Å². The van der Waals surface area contributed by atoms with Gasteiger partial charge in [-0.1, -0.05) is 6.92 Å². The van der Waals surface area contributed by atoms with Crippen LogP contribution in [0.5, 0.6) is 5.75 Å². The molecule has 0 aliphatic heterocycles. The summed E-state index contributed by atoms with van der Waals surface area (Å²) in [5.74, 6) is 0.124. The molecule has 78 valence electrons. The molecule has 0 spiro atoms. The Hall–Kier alpha value is -1.97. The van der Waals surface area contributed by atoms with Crippen molar-refractivity contribution < 1.29 is 9.52 Å². The number of aromatic hydroxyl groups is 1. The second-order valence-corrected chi connectivity index (χ2v) is 3.31. The summed E-state index contributed by atoms with van der Waals surface area (Å²) >= 11 is 0. The maximum absolute atomic E-state index is 11.2. The van der Waals surface area contributed by atoms with Crippen LogP contribution in [-0.2, 0) is 6.42 Å². The van der Waals surface area contributed by atoms with Crippen molar-refractivity contribution >= 4 is 16.7 Å². The molecule has 3 N–H and O–H groups in total. The topological polar surface area (TPSA) is 76.5 Å². The number of rotatable bonds is 1. The van der Waals surface area contributed by atoms with Gasteiger partial charge >= 0.3 is 5.63 Å². The number of hydrogen-bond donors (Lipinski definition) is 2. The lowest BCUT2D eigenvalue weighted by Crippen LogP contribution is -2.01. The van der Waals surface area contributed by atoms with Gasteiger partial charge in [-0.15, -0.1) is 0 Å². The average molecular weight is 205 g/mol. The first-order chi connectivity index (χ1) is 7.13. The van der Waals surface area contributed by atoms with Crippen molar-refractivity contribution in [1.82, 2.24) is 0 Å². The molecule has 0 fully saturated rings. The van der Waals surface area contributed by atoms with Gasteiger partial charge in [-0.25, -0.2) is 4.79 Å². The number of hydrogen-bond acceptors (Lipinski definition) is 4. The van der Waals surface area contributed by atoms with Crippen molar-refractivity contribution in [3.05, 3.63) is 34.2 Å². The van der Waals surface area contributed by atoms with Gasteiger partial charge in [-0.2, -0.15) is 0 Å². The minimum Gasteiger partial charge on any atom is -0.508 e. The molecule has 0 saturated heterocycles. The third kappa shape index (κ3) is 1.44. The van der Waals surface area contributed by atoms with E-state index in [-0.39, 0.29) is 5.75 Å². The molecule has 1 heterocycles. The summed E-state index contributed by atoms with van der Waals surface area (Å²) in [4.78, 5) is 11.2. The second-order valence-electron chi connectivity index (χ2n) is 3.31. The van der Waals surface area contributed by atoms with Crippen LogP contribution < -0.4 is 11.4 Å². The predicted molar refractivity (Wildman–Crippen MR) is 57.9 cm³/mol. The van der Waals surface area contributed by atoms with Gasteiger partial charge in [0.2, 0.25) is 0 Å². The number of nitrogens with two attached hydrogens (primary N) is 1. The molecule has 0 saturated carbocycles. The molecule has 0 aliphatic carbocycles. The molecule has 0 atom stereocenters. The van der Waals surface area contributed by atoms with E-state index in [0.29, 0.717) is 28.6 Å². The SMILES string of the molecule is CCc1c(O)ccc2c(N)cc(=O)oc12. The van der Waals surface area contributed by atoms with E-state index in [2.05, 4.69) is 0 Å². The number of phenols is 1. The summed E-state index contributed by atoms with van der Waals surface area (Å²) < 4.78 is 5.05. The molecule has 2 aromatic rings. The number of anilines is 1. The Morgan fingerprint density at radius 2 is 2.20 bits per heavy atom. The number of aryl methyl sites for hydroxylation is 1. The number of phenolic OH excluding ortho intramolecular Hbond substituents is 1. The van der Waals surface area contributed by atoms with Crippen molar-refractivity contribution in [2.24, 2.45) is 0 Å². The second kappa shape index (κ2) is 3.31. The zero-order chi connectivity index (χ0) is 11.0. The van der Waals surface area contributed by atoms with Gasteiger partial charge < -0.3 is 15.3 Å². The first-order valence-corrected chi connectivity index (χ1v) is 4.67. The minimum atomic E-state index is -0.500. The van der Waals surface area contributed by atoms with E-state index in [1.807, 2.05) is 6.92 Å². The highest BCUT2D eigenvalue weighted by Crippen LogP contribution is 2.29. The molecule has 2 rings (SSSR count). The van der Waals surface area contributed by atoms with Gasteiger partial charge in [0, 0.05) is 22.7 Å². The molecule has 0 aliphatic rings. The van der Waals surface area contributed by atoms with E-state index >= 15 is 0 Å². The molecule has 0 amide bonds. The smallest absolute Gasteiger partial charge is 0.338 e. The summed E-state index contributed by atoms with van der Waals surface area (Å²) in [6.07, 6.45) is 0.579. The van der Waals surface area contributed by atoms with E-state index in [1.54, 1.807) is 12.1 Å². The van der Waals surface area contributed by atoms with Crippen LogP contribution in [-0.4, -0.2) is 5.11 Å². The van der Waals surface area contributed by atoms with Crippen molar-refractivity contribution in [3.63, 3.8) is 0 Å². The van der Waals surface area contributed by atoms with Crippen LogP contribution in [0.25, 0.3) is 11.0 Å². The van der Waals surface area contributed by atoms with Crippen molar-refractivity contribution in [2.75, 3.05) is 5.73 Å². The average Bonchev–Trinajstić information content (AvgIpc) is 2.17. The molecule has 0 unspecified atom stereocenters. The predicted octanol–water partition coefficient (Wildman–Crippen LogP) is 1.64. The standard InChI is InChI=1S/C11H11NO3/c1-2-6-9(13)4-3-7-8(12)5-10(14)15-11(6)7/h3-5,13H,2,12H2,1H3. The molecule has 1 aromatic heterocycles. The molecular formula is C11H11NO3. The Morgan fingerprint density at radius 1 is 1.47 bits per heavy atom. The van der Waals surface area contributed by atoms with Gasteiger partial charge in [-0.05, 0) is 18.6 Å². The Balaban J connectivity index is 2.97. The fourth-order valence-electron chi connectivity index (χ4n) is 1.64. The fraction of sp³-hybridized carbons (Fsp3) is 0.182. The number of nitrogen functional groups attached to an aromatic ring is 1. The minimum absolute atomic E-state index is 0.124. The number of benzene rings is 1. The quantitative estimate of drug-likeness (QED) is 0.694. The van der Waals surface area contributed by atoms with Crippen molar-refractivity contribution in [3.8, 4) is 5.75 Å². The Kier molecular flexibility index (Phi) is 2.11. The van der Waals surface area contributed by atoms with Gasteiger partial charge in [-0.3, -0.25) is 0 Å². The zero-order valence-electron chi connectivity index (χ0n) is 8.28. The first kappa shape index (κ1) is 9.58. The lowest BCUT2D eigenvalue weighted by Gasteiger charge is -2.06. The molecule has 15 heavy (non-hydrogen) atoms. The molecule has 1 aromatic carbocycles. The molecular weight excluding hydrogens is 194 g/mol. The van der Waals surface area contributed by atoms with Crippen LogP contribution in [0.15, 0.2) is 27.4 Å². The Labute approximate surface area is 85.9 Å². The van der Waals surface area contributed by atoms with E-state index in [9.17, 15) is 9.90 Å². The summed E-state index contributed by atoms with van der Waals surface area (Å²) in [7, 11) is 0. The largest absolute Gasteiger partial charge is 0.508 e. The Bertz CT molecular complexity index is 572. The van der Waals surface area contributed by atoms with E-state index in [0.717, 1.165) is 0 Å². The summed E-state index contributed by atoms with van der Waals surface area (Å²) in [5, 5.41) is 10.2. The van der Waals surface area contributed by atoms with Crippen LogP contribution in [0.3, 0.4) is 0 Å². The summed E-state index contributed by atoms with van der Waals surface area (Å²) in [6.45, 7) is 1.87. The van der Waals surface area contributed by atoms with Gasteiger partial charge in [0.1, 0.15) is 11.3 Å². The van der Waals surface area contributed by atoms with Crippen LogP contribution >= 0.6 is 0 Å². The summed E-state index contributed by atoms with van der Waals surface area (Å²) in [5.41, 5.74) is 6.55. The van der Waals surface area contributed by atoms with E-state index in [1.165, 1.54) is 6.07 Å². The zero-order valence-corrected chi connectivity index (χ0v) is 8.28.